The number of carbonyl (C=O) groups excluding carboxylic acids is 1. The Kier molecular flexibility index (Phi) is 13.5. The Balaban J connectivity index is 0. The van der Waals surface area contributed by atoms with Crippen LogP contribution in [0.3, 0.4) is 0 Å². The predicted molar refractivity (Wildman–Crippen MR) is 77.9 cm³/mol. The number of likely N-dealkylation sites (N-methyl/N-ethyl adjacent to an activating group) is 1. The molecule has 1 heterocycles. The number of amides is 1. The van der Waals surface area contributed by atoms with Crippen molar-refractivity contribution < 1.29 is 9.53 Å². The van der Waals surface area contributed by atoms with E-state index in [2.05, 4.69) is 29.4 Å². The summed E-state index contributed by atoms with van der Waals surface area (Å²) in [5, 5.41) is 6.06. The molecule has 18 heavy (non-hydrogen) atoms. The van der Waals surface area contributed by atoms with Crippen LogP contribution in [0.4, 0.5) is 0 Å². The number of hydrogen-bond acceptors (Lipinski definition) is 4. The van der Waals surface area contributed by atoms with Gasteiger partial charge in [0.1, 0.15) is 6.04 Å². The molecule has 0 aromatic carbocycles. The minimum atomic E-state index is -0.176. The molecule has 1 rings (SSSR count). The van der Waals surface area contributed by atoms with E-state index in [-0.39, 0.29) is 36.8 Å². The maximum atomic E-state index is 11.7. The van der Waals surface area contributed by atoms with Crippen molar-refractivity contribution in [1.82, 2.24) is 15.5 Å². The molecule has 1 aliphatic heterocycles. The highest BCUT2D eigenvalue weighted by Gasteiger charge is 2.20. The van der Waals surface area contributed by atoms with E-state index in [9.17, 15) is 4.79 Å². The summed E-state index contributed by atoms with van der Waals surface area (Å²) in [6, 6.07) is -0.176. The molecule has 1 atom stereocenters. The fourth-order valence-electron chi connectivity index (χ4n) is 1.73. The molecule has 110 valence electrons. The van der Waals surface area contributed by atoms with Crippen LogP contribution in [0.1, 0.15) is 13.8 Å². The third-order valence-electron chi connectivity index (χ3n) is 2.86. The van der Waals surface area contributed by atoms with Gasteiger partial charge in [0.05, 0.1) is 13.2 Å². The molecule has 0 bridgehead atoms. The summed E-state index contributed by atoms with van der Waals surface area (Å²) in [4.78, 5) is 14.0. The maximum Gasteiger partial charge on any atom is 0.239 e. The predicted octanol–water partition coefficient (Wildman–Crippen LogP) is 0.276. The van der Waals surface area contributed by atoms with E-state index in [0.717, 1.165) is 26.2 Å². The van der Waals surface area contributed by atoms with E-state index in [1.807, 2.05) is 0 Å². The Labute approximate surface area is 122 Å². The molecule has 1 aliphatic rings. The lowest BCUT2D eigenvalue weighted by atomic mass is 10.2. The summed E-state index contributed by atoms with van der Waals surface area (Å²) < 4.78 is 5.24. The number of hydrogen-bond donors (Lipinski definition) is 2. The largest absolute Gasteiger partial charge is 0.378 e. The van der Waals surface area contributed by atoms with E-state index < -0.39 is 0 Å². The van der Waals surface area contributed by atoms with Crippen LogP contribution in [-0.4, -0.2) is 62.8 Å². The quantitative estimate of drug-likeness (QED) is 0.740. The monoisotopic (exact) mass is 301 g/mol. The van der Waals surface area contributed by atoms with Crippen LogP contribution in [-0.2, 0) is 9.53 Å². The zero-order valence-electron chi connectivity index (χ0n) is 11.1. The Morgan fingerprint density at radius 2 is 2.06 bits per heavy atom. The minimum absolute atomic E-state index is 0. The lowest BCUT2D eigenvalue weighted by Gasteiger charge is -2.24. The zero-order valence-corrected chi connectivity index (χ0v) is 12.7. The van der Waals surface area contributed by atoms with Gasteiger partial charge in [0.2, 0.25) is 5.91 Å². The number of nitrogens with one attached hydrogen (secondary N) is 2. The van der Waals surface area contributed by atoms with Gasteiger partial charge in [0.15, 0.2) is 0 Å². The Bertz CT molecular complexity index is 210. The second-order valence-corrected chi connectivity index (χ2v) is 3.90. The van der Waals surface area contributed by atoms with E-state index >= 15 is 0 Å². The lowest BCUT2D eigenvalue weighted by Crippen LogP contribution is -2.52. The average molecular weight is 302 g/mol. The number of halogens is 2. The summed E-state index contributed by atoms with van der Waals surface area (Å²) >= 11 is 0. The third kappa shape index (κ3) is 7.38. The van der Waals surface area contributed by atoms with Crippen LogP contribution < -0.4 is 10.6 Å². The van der Waals surface area contributed by atoms with E-state index in [1.54, 1.807) is 0 Å². The molecular formula is C11H25Cl2N3O2. The smallest absolute Gasteiger partial charge is 0.239 e. The highest BCUT2D eigenvalue weighted by Crippen LogP contribution is 1.93. The summed E-state index contributed by atoms with van der Waals surface area (Å²) in [7, 11) is 0. The minimum Gasteiger partial charge on any atom is -0.378 e. The number of carbonyl (C=O) groups is 1. The van der Waals surface area contributed by atoms with Gasteiger partial charge >= 0.3 is 0 Å². The fourth-order valence-corrected chi connectivity index (χ4v) is 1.73. The Hall–Kier alpha value is -0.0700. The van der Waals surface area contributed by atoms with Crippen molar-refractivity contribution in [3.63, 3.8) is 0 Å². The summed E-state index contributed by atoms with van der Waals surface area (Å²) in [5.41, 5.74) is 0. The second kappa shape index (κ2) is 12.0. The lowest BCUT2D eigenvalue weighted by molar-refractivity contribution is -0.125. The molecule has 7 heteroatoms. The second-order valence-electron chi connectivity index (χ2n) is 3.90. The van der Waals surface area contributed by atoms with Crippen molar-refractivity contribution in [1.29, 1.82) is 0 Å². The molecule has 1 unspecified atom stereocenters. The van der Waals surface area contributed by atoms with Crippen LogP contribution in [0, 0.1) is 0 Å². The average Bonchev–Trinajstić information content (AvgIpc) is 2.35. The van der Waals surface area contributed by atoms with Crippen molar-refractivity contribution in [2.75, 3.05) is 45.9 Å². The van der Waals surface area contributed by atoms with Crippen molar-refractivity contribution >= 4 is 30.7 Å². The maximum absolute atomic E-state index is 11.7. The molecule has 0 aliphatic carbocycles. The van der Waals surface area contributed by atoms with E-state index in [0.29, 0.717) is 19.8 Å². The molecule has 0 radical (unpaired) electrons. The topological polar surface area (TPSA) is 53.6 Å². The molecule has 0 spiro atoms. The molecular weight excluding hydrogens is 277 g/mol. The highest BCUT2D eigenvalue weighted by molar-refractivity contribution is 5.85. The first kappa shape index (κ1) is 20.3. The Morgan fingerprint density at radius 3 is 2.56 bits per heavy atom. The molecule has 1 amide bonds. The van der Waals surface area contributed by atoms with Crippen LogP contribution in [0.2, 0.25) is 0 Å². The Morgan fingerprint density at radius 1 is 1.39 bits per heavy atom. The SMILES string of the molecule is CCN(CC)CCNC(=O)C1COCCN1.Cl.Cl. The molecule has 2 N–H and O–H groups in total. The number of ether oxygens (including phenoxy) is 1. The van der Waals surface area contributed by atoms with Gasteiger partial charge in [-0.3, -0.25) is 4.79 Å². The molecule has 0 aromatic rings. The fraction of sp³-hybridized carbons (Fsp3) is 0.909. The number of nitrogens with zero attached hydrogens (tertiary/aromatic N) is 1. The molecule has 1 saturated heterocycles. The summed E-state index contributed by atoms with van der Waals surface area (Å²) in [5.74, 6) is 0.0480. The van der Waals surface area contributed by atoms with Gasteiger partial charge in [-0.05, 0) is 13.1 Å². The van der Waals surface area contributed by atoms with E-state index in [1.165, 1.54) is 0 Å². The van der Waals surface area contributed by atoms with Gasteiger partial charge in [-0.25, -0.2) is 0 Å². The van der Waals surface area contributed by atoms with E-state index in [4.69, 9.17) is 4.74 Å². The number of rotatable bonds is 6. The first-order chi connectivity index (χ1) is 7.77. The molecule has 0 aromatic heterocycles. The van der Waals surface area contributed by atoms with Crippen molar-refractivity contribution in [2.45, 2.75) is 19.9 Å². The summed E-state index contributed by atoms with van der Waals surface area (Å²) in [6.07, 6.45) is 0. The van der Waals surface area contributed by atoms with Gasteiger partial charge in [0.25, 0.3) is 0 Å². The van der Waals surface area contributed by atoms with Crippen molar-refractivity contribution in [2.24, 2.45) is 0 Å². The normalized spacial score (nSPS) is 18.7. The van der Waals surface area contributed by atoms with Gasteiger partial charge < -0.3 is 20.3 Å². The van der Waals surface area contributed by atoms with Crippen LogP contribution in [0.5, 0.6) is 0 Å². The standard InChI is InChI=1S/C11H23N3O2.2ClH/c1-3-14(4-2)7-5-13-11(15)10-9-16-8-6-12-10;;/h10,12H,3-9H2,1-2H3,(H,13,15);2*1H. The number of morpholine rings is 1. The van der Waals surface area contributed by atoms with Gasteiger partial charge in [-0.2, -0.15) is 0 Å². The van der Waals surface area contributed by atoms with Crippen molar-refractivity contribution in [3.8, 4) is 0 Å². The van der Waals surface area contributed by atoms with Crippen LogP contribution in [0.25, 0.3) is 0 Å². The molecule has 1 fully saturated rings. The highest BCUT2D eigenvalue weighted by atomic mass is 35.5. The summed E-state index contributed by atoms with van der Waals surface area (Å²) in [6.45, 7) is 9.86. The molecule has 5 nitrogen and oxygen atoms in total. The van der Waals surface area contributed by atoms with Gasteiger partial charge in [0, 0.05) is 19.6 Å². The third-order valence-corrected chi connectivity index (χ3v) is 2.86. The van der Waals surface area contributed by atoms with Crippen LogP contribution in [0.15, 0.2) is 0 Å². The van der Waals surface area contributed by atoms with Gasteiger partial charge in [-0.15, -0.1) is 24.8 Å². The molecule has 0 saturated carbocycles. The van der Waals surface area contributed by atoms with Crippen LogP contribution >= 0.6 is 24.8 Å². The first-order valence-corrected chi connectivity index (χ1v) is 6.09. The van der Waals surface area contributed by atoms with Gasteiger partial charge in [-0.1, -0.05) is 13.8 Å². The van der Waals surface area contributed by atoms with Crippen molar-refractivity contribution in [3.05, 3.63) is 0 Å². The first-order valence-electron chi connectivity index (χ1n) is 6.09. The zero-order chi connectivity index (χ0) is 11.8.